The number of hydrogen-bond acceptors (Lipinski definition) is 5. The zero-order valence-electron chi connectivity index (χ0n) is 13.0. The minimum absolute atomic E-state index is 0.0151. The van der Waals surface area contributed by atoms with Crippen LogP contribution in [0.2, 0.25) is 0 Å². The van der Waals surface area contributed by atoms with Gasteiger partial charge in [0, 0.05) is 12.2 Å². The van der Waals surface area contributed by atoms with Gasteiger partial charge in [-0.15, -0.1) is 11.8 Å². The first-order chi connectivity index (χ1) is 11.9. The van der Waals surface area contributed by atoms with Crippen LogP contribution in [0.25, 0.3) is 0 Å². The second-order valence-electron chi connectivity index (χ2n) is 5.45. The Morgan fingerprint density at radius 2 is 2.04 bits per heavy atom. The number of aromatic amines is 1. The molecule has 25 heavy (non-hydrogen) atoms. The molecule has 9 heteroatoms. The molecule has 0 saturated heterocycles. The van der Waals surface area contributed by atoms with E-state index in [4.69, 9.17) is 5.11 Å². The molecule has 0 fully saturated rings. The second kappa shape index (κ2) is 7.06. The molecule has 7 nitrogen and oxygen atoms in total. The number of carboxylic acid groups (broad SMARTS) is 1. The molecule has 0 saturated carbocycles. The van der Waals surface area contributed by atoms with Crippen LogP contribution in [0.4, 0.5) is 10.2 Å². The molecule has 3 rings (SSSR count). The molecule has 0 spiro atoms. The highest BCUT2D eigenvalue weighted by Gasteiger charge is 2.23. The van der Waals surface area contributed by atoms with Crippen molar-refractivity contribution in [3.63, 3.8) is 0 Å². The maximum absolute atomic E-state index is 13.0. The highest BCUT2D eigenvalue weighted by molar-refractivity contribution is 8.14. The smallest absolute Gasteiger partial charge is 0.330 e. The van der Waals surface area contributed by atoms with E-state index in [-0.39, 0.29) is 31.0 Å². The summed E-state index contributed by atoms with van der Waals surface area (Å²) in [6, 6.07) is 5.70. The molecule has 2 N–H and O–H groups in total. The van der Waals surface area contributed by atoms with Crippen LogP contribution in [0.5, 0.6) is 0 Å². The Morgan fingerprint density at radius 3 is 2.72 bits per heavy atom. The maximum atomic E-state index is 13.0. The number of aliphatic carboxylic acids is 1. The van der Waals surface area contributed by atoms with Gasteiger partial charge in [-0.3, -0.25) is 19.1 Å². The van der Waals surface area contributed by atoms with E-state index >= 15 is 0 Å². The fourth-order valence-corrected chi connectivity index (χ4v) is 3.36. The van der Waals surface area contributed by atoms with Crippen molar-refractivity contribution in [1.82, 2.24) is 9.55 Å². The molecular formula is C16H14FN3O4S. The molecule has 0 aliphatic carbocycles. The summed E-state index contributed by atoms with van der Waals surface area (Å²) in [5.41, 5.74) is -0.0129. The van der Waals surface area contributed by atoms with Crippen LogP contribution in [0.15, 0.2) is 38.8 Å². The number of fused-ring (bicyclic) bond motifs is 1. The van der Waals surface area contributed by atoms with Crippen LogP contribution in [0, 0.1) is 5.82 Å². The number of nitrogens with zero attached hydrogens (tertiary/aromatic N) is 2. The van der Waals surface area contributed by atoms with E-state index in [2.05, 4.69) is 9.98 Å². The van der Waals surface area contributed by atoms with Gasteiger partial charge in [0.25, 0.3) is 5.56 Å². The first-order valence-electron chi connectivity index (χ1n) is 7.46. The number of halogens is 1. The van der Waals surface area contributed by atoms with Crippen molar-refractivity contribution in [3.05, 3.63) is 62.0 Å². The second-order valence-corrected chi connectivity index (χ2v) is 6.62. The molecule has 0 bridgehead atoms. The first kappa shape index (κ1) is 17.2. The van der Waals surface area contributed by atoms with Gasteiger partial charge in [0.05, 0.1) is 23.6 Å². The summed E-state index contributed by atoms with van der Waals surface area (Å²) < 4.78 is 14.3. The third-order valence-electron chi connectivity index (χ3n) is 3.66. The predicted octanol–water partition coefficient (Wildman–Crippen LogP) is 1.52. The summed E-state index contributed by atoms with van der Waals surface area (Å²) in [6.07, 6.45) is 0.247. The van der Waals surface area contributed by atoms with E-state index in [1.807, 2.05) is 0 Å². The normalized spacial score (nSPS) is 12.8. The number of aliphatic imine (C=N–C) groups is 1. The Morgan fingerprint density at radius 1 is 1.32 bits per heavy atom. The molecular weight excluding hydrogens is 349 g/mol. The van der Waals surface area contributed by atoms with Crippen molar-refractivity contribution in [1.29, 1.82) is 0 Å². The monoisotopic (exact) mass is 363 g/mol. The van der Waals surface area contributed by atoms with Gasteiger partial charge in [-0.25, -0.2) is 14.2 Å². The molecule has 1 aliphatic rings. The fraction of sp³-hybridized carbons (Fsp3) is 0.250. The molecule has 130 valence electrons. The van der Waals surface area contributed by atoms with E-state index in [1.54, 1.807) is 12.1 Å². The van der Waals surface area contributed by atoms with E-state index in [0.717, 1.165) is 0 Å². The molecule has 0 radical (unpaired) electrons. The fourth-order valence-electron chi connectivity index (χ4n) is 2.46. The summed E-state index contributed by atoms with van der Waals surface area (Å²) in [5.74, 6) is -0.675. The Labute approximate surface area is 145 Å². The molecule has 0 unspecified atom stereocenters. The quantitative estimate of drug-likeness (QED) is 0.838. The van der Waals surface area contributed by atoms with Crippen molar-refractivity contribution in [2.75, 3.05) is 5.75 Å². The number of hydrogen-bond donors (Lipinski definition) is 2. The van der Waals surface area contributed by atoms with Crippen LogP contribution in [-0.4, -0.2) is 31.4 Å². The molecule has 0 amide bonds. The molecule has 2 aromatic rings. The highest BCUT2D eigenvalue weighted by Crippen LogP contribution is 2.27. The van der Waals surface area contributed by atoms with E-state index in [1.165, 1.54) is 28.5 Å². The predicted molar refractivity (Wildman–Crippen MR) is 92.3 cm³/mol. The lowest BCUT2D eigenvalue weighted by atomic mass is 10.2. The third-order valence-corrected chi connectivity index (χ3v) is 4.64. The lowest BCUT2D eigenvalue weighted by Crippen LogP contribution is -2.31. The van der Waals surface area contributed by atoms with Crippen molar-refractivity contribution >= 4 is 28.6 Å². The summed E-state index contributed by atoms with van der Waals surface area (Å²) in [4.78, 5) is 41.4. The number of benzene rings is 1. The highest BCUT2D eigenvalue weighted by atomic mass is 32.2. The van der Waals surface area contributed by atoms with Gasteiger partial charge in [0.15, 0.2) is 0 Å². The number of rotatable bonds is 5. The van der Waals surface area contributed by atoms with Gasteiger partial charge in [-0.1, -0.05) is 12.1 Å². The lowest BCUT2D eigenvalue weighted by Gasteiger charge is -2.09. The Bertz CT molecular complexity index is 963. The SMILES string of the molecule is O=C(O)CCSC1=Nc2c(c(=O)[nH]c(=O)n2Cc2ccc(F)cc2)C1. The standard InChI is InChI=1S/C16H14FN3O4S/c17-10-3-1-9(2-4-10)8-20-14-11(15(23)19-16(20)24)7-12(18-14)25-6-5-13(21)22/h1-4H,5-8H2,(H,21,22)(H,19,23,24). The van der Waals surface area contributed by atoms with Crippen LogP contribution in [0.1, 0.15) is 17.5 Å². The van der Waals surface area contributed by atoms with Gasteiger partial charge in [0.1, 0.15) is 11.6 Å². The Hall–Kier alpha value is -2.68. The van der Waals surface area contributed by atoms with Crippen molar-refractivity contribution in [2.45, 2.75) is 19.4 Å². The molecule has 0 atom stereocenters. The largest absolute Gasteiger partial charge is 0.481 e. The van der Waals surface area contributed by atoms with E-state index in [9.17, 15) is 18.8 Å². The molecule has 2 heterocycles. The zero-order valence-corrected chi connectivity index (χ0v) is 13.8. The van der Waals surface area contributed by atoms with Gasteiger partial charge in [-0.05, 0) is 17.7 Å². The molecule has 1 aromatic heterocycles. The van der Waals surface area contributed by atoms with Crippen molar-refractivity contribution < 1.29 is 14.3 Å². The minimum Gasteiger partial charge on any atom is -0.481 e. The average Bonchev–Trinajstić information content (AvgIpc) is 2.97. The Kier molecular flexibility index (Phi) is 4.84. The lowest BCUT2D eigenvalue weighted by molar-refractivity contribution is -0.136. The zero-order chi connectivity index (χ0) is 18.0. The van der Waals surface area contributed by atoms with Gasteiger partial charge in [0.2, 0.25) is 0 Å². The molecule has 1 aromatic carbocycles. The van der Waals surface area contributed by atoms with Crippen LogP contribution in [-0.2, 0) is 17.8 Å². The van der Waals surface area contributed by atoms with E-state index in [0.29, 0.717) is 21.9 Å². The summed E-state index contributed by atoms with van der Waals surface area (Å²) in [6.45, 7) is 0.148. The number of aromatic nitrogens is 2. The summed E-state index contributed by atoms with van der Waals surface area (Å²) in [7, 11) is 0. The summed E-state index contributed by atoms with van der Waals surface area (Å²) >= 11 is 1.25. The number of carbonyl (C=O) groups is 1. The number of carboxylic acids is 1. The van der Waals surface area contributed by atoms with Crippen LogP contribution < -0.4 is 11.2 Å². The first-order valence-corrected chi connectivity index (χ1v) is 8.45. The minimum atomic E-state index is -0.908. The van der Waals surface area contributed by atoms with Crippen molar-refractivity contribution in [2.24, 2.45) is 4.99 Å². The summed E-state index contributed by atoms with van der Waals surface area (Å²) in [5, 5.41) is 9.29. The van der Waals surface area contributed by atoms with Crippen LogP contribution in [0.3, 0.4) is 0 Å². The van der Waals surface area contributed by atoms with Crippen molar-refractivity contribution in [3.8, 4) is 0 Å². The number of thioether (sulfide) groups is 1. The third kappa shape index (κ3) is 3.87. The van der Waals surface area contributed by atoms with Gasteiger partial charge in [-0.2, -0.15) is 0 Å². The average molecular weight is 363 g/mol. The van der Waals surface area contributed by atoms with Gasteiger partial charge >= 0.3 is 11.7 Å². The Balaban J connectivity index is 1.90. The topological polar surface area (TPSA) is 105 Å². The molecule has 1 aliphatic heterocycles. The van der Waals surface area contributed by atoms with Crippen LogP contribution >= 0.6 is 11.8 Å². The van der Waals surface area contributed by atoms with E-state index < -0.39 is 17.2 Å². The maximum Gasteiger partial charge on any atom is 0.330 e. The number of nitrogens with one attached hydrogen (secondary N) is 1. The number of H-pyrrole nitrogens is 1. The van der Waals surface area contributed by atoms with Gasteiger partial charge < -0.3 is 5.11 Å².